The van der Waals surface area contributed by atoms with E-state index in [-0.39, 0.29) is 11.8 Å². The molecule has 0 aliphatic carbocycles. The second-order valence-electron chi connectivity index (χ2n) is 4.99. The summed E-state index contributed by atoms with van der Waals surface area (Å²) in [7, 11) is 0. The maximum atomic E-state index is 12.0. The van der Waals surface area contributed by atoms with Gasteiger partial charge in [0.15, 0.2) is 0 Å². The van der Waals surface area contributed by atoms with Crippen molar-refractivity contribution >= 4 is 5.91 Å². The Hall–Kier alpha value is -1.61. The van der Waals surface area contributed by atoms with E-state index in [0.29, 0.717) is 0 Å². The molecule has 3 nitrogen and oxygen atoms in total. The molecular weight excluding hydrogens is 236 g/mol. The van der Waals surface area contributed by atoms with Crippen molar-refractivity contribution in [1.29, 1.82) is 0 Å². The van der Waals surface area contributed by atoms with Gasteiger partial charge >= 0.3 is 0 Å². The minimum atomic E-state index is -0.0804. The first-order valence-corrected chi connectivity index (χ1v) is 6.98. The van der Waals surface area contributed by atoms with Gasteiger partial charge in [0.1, 0.15) is 0 Å². The van der Waals surface area contributed by atoms with Gasteiger partial charge in [-0.2, -0.15) is 0 Å². The lowest BCUT2D eigenvalue weighted by molar-refractivity contribution is -0.122. The van der Waals surface area contributed by atoms with Crippen LogP contribution in [-0.2, 0) is 4.79 Å². The van der Waals surface area contributed by atoms with E-state index in [0.717, 1.165) is 38.0 Å². The first-order valence-electron chi connectivity index (χ1n) is 6.98. The van der Waals surface area contributed by atoms with Crippen molar-refractivity contribution in [3.63, 3.8) is 0 Å². The zero-order chi connectivity index (χ0) is 13.5. The molecule has 1 amide bonds. The van der Waals surface area contributed by atoms with Crippen molar-refractivity contribution in [3.05, 3.63) is 47.5 Å². The third-order valence-electron chi connectivity index (χ3n) is 3.60. The highest BCUT2D eigenvalue weighted by molar-refractivity contribution is 5.83. The molecule has 0 bridgehead atoms. The molecular formula is C16H22N2O. The monoisotopic (exact) mass is 258 g/mol. The summed E-state index contributed by atoms with van der Waals surface area (Å²) in [5, 5.41) is 6.32. The second-order valence-corrected chi connectivity index (χ2v) is 4.99. The van der Waals surface area contributed by atoms with Gasteiger partial charge in [0, 0.05) is 13.1 Å². The van der Waals surface area contributed by atoms with Crippen molar-refractivity contribution in [2.45, 2.75) is 25.7 Å². The summed E-state index contributed by atoms with van der Waals surface area (Å²) in [6.45, 7) is 4.71. The van der Waals surface area contributed by atoms with E-state index in [4.69, 9.17) is 0 Å². The van der Waals surface area contributed by atoms with Crippen molar-refractivity contribution < 1.29 is 4.79 Å². The maximum Gasteiger partial charge on any atom is 0.227 e. The van der Waals surface area contributed by atoms with Crippen LogP contribution in [-0.4, -0.2) is 25.5 Å². The van der Waals surface area contributed by atoms with E-state index in [1.807, 2.05) is 37.3 Å². The molecule has 1 unspecified atom stereocenters. The molecule has 0 fully saturated rings. The van der Waals surface area contributed by atoms with E-state index >= 15 is 0 Å². The summed E-state index contributed by atoms with van der Waals surface area (Å²) in [6.07, 6.45) is 4.30. The molecule has 2 N–H and O–H groups in total. The summed E-state index contributed by atoms with van der Waals surface area (Å²) < 4.78 is 0. The molecule has 1 aliphatic heterocycles. The van der Waals surface area contributed by atoms with Crippen molar-refractivity contribution in [2.24, 2.45) is 0 Å². The molecule has 19 heavy (non-hydrogen) atoms. The van der Waals surface area contributed by atoms with Gasteiger partial charge in [-0.15, -0.1) is 0 Å². The first kappa shape index (κ1) is 13.8. The molecule has 1 aromatic rings. The van der Waals surface area contributed by atoms with E-state index < -0.39 is 0 Å². The molecule has 1 aliphatic rings. The number of hydrogen-bond acceptors (Lipinski definition) is 2. The average Bonchev–Trinajstić information content (AvgIpc) is 2.48. The smallest absolute Gasteiger partial charge is 0.227 e. The number of carbonyl (C=O) groups excluding carboxylic acids is 1. The van der Waals surface area contributed by atoms with Gasteiger partial charge in [0.05, 0.1) is 5.92 Å². The number of nitrogens with one attached hydrogen (secondary N) is 2. The van der Waals surface area contributed by atoms with Gasteiger partial charge in [-0.05, 0) is 31.9 Å². The Morgan fingerprint density at radius 2 is 2.16 bits per heavy atom. The largest absolute Gasteiger partial charge is 0.355 e. The number of rotatable bonds is 5. The number of benzene rings is 1. The SMILES string of the molecule is CC(C(=O)NCCC1=CCNCC1)c1ccccc1. The van der Waals surface area contributed by atoms with Crippen molar-refractivity contribution in [2.75, 3.05) is 19.6 Å². The Morgan fingerprint density at radius 1 is 1.37 bits per heavy atom. The van der Waals surface area contributed by atoms with Gasteiger partial charge in [0.2, 0.25) is 5.91 Å². The zero-order valence-corrected chi connectivity index (χ0v) is 11.5. The average molecular weight is 258 g/mol. The third kappa shape index (κ3) is 4.21. The fourth-order valence-corrected chi connectivity index (χ4v) is 2.29. The predicted octanol–water partition coefficient (Wildman–Crippen LogP) is 2.22. The number of hydrogen-bond donors (Lipinski definition) is 2. The minimum Gasteiger partial charge on any atom is -0.355 e. The second kappa shape index (κ2) is 7.10. The first-order chi connectivity index (χ1) is 9.27. The van der Waals surface area contributed by atoms with Crippen LogP contribution in [0.2, 0.25) is 0 Å². The standard InChI is InChI=1S/C16H22N2O/c1-13(15-5-3-2-4-6-15)16(19)18-12-9-14-7-10-17-11-8-14/h2-7,13,17H,8-12H2,1H3,(H,18,19). The zero-order valence-electron chi connectivity index (χ0n) is 11.5. The van der Waals surface area contributed by atoms with Crippen LogP contribution in [0.4, 0.5) is 0 Å². The van der Waals surface area contributed by atoms with E-state index in [1.165, 1.54) is 5.57 Å². The molecule has 102 valence electrons. The summed E-state index contributed by atoms with van der Waals surface area (Å²) in [4.78, 5) is 12.0. The molecule has 2 rings (SSSR count). The molecule has 0 saturated heterocycles. The number of carbonyl (C=O) groups is 1. The summed E-state index contributed by atoms with van der Waals surface area (Å²) >= 11 is 0. The van der Waals surface area contributed by atoms with Gasteiger partial charge in [-0.3, -0.25) is 4.79 Å². The lowest BCUT2D eigenvalue weighted by Crippen LogP contribution is -2.30. The van der Waals surface area contributed by atoms with Crippen molar-refractivity contribution in [3.8, 4) is 0 Å². The Morgan fingerprint density at radius 3 is 2.84 bits per heavy atom. The van der Waals surface area contributed by atoms with Gasteiger partial charge in [0.25, 0.3) is 0 Å². The van der Waals surface area contributed by atoms with Crippen LogP contribution < -0.4 is 10.6 Å². The molecule has 0 aromatic heterocycles. The lowest BCUT2D eigenvalue weighted by Gasteiger charge is -2.16. The topological polar surface area (TPSA) is 41.1 Å². The Bertz CT molecular complexity index is 439. The predicted molar refractivity (Wildman–Crippen MR) is 78.1 cm³/mol. The normalized spacial score (nSPS) is 16.6. The molecule has 0 saturated carbocycles. The van der Waals surface area contributed by atoms with Crippen LogP contribution in [0, 0.1) is 0 Å². The van der Waals surface area contributed by atoms with Crippen LogP contribution in [0.5, 0.6) is 0 Å². The van der Waals surface area contributed by atoms with Gasteiger partial charge in [-0.1, -0.05) is 42.0 Å². The number of amides is 1. The fourth-order valence-electron chi connectivity index (χ4n) is 2.29. The van der Waals surface area contributed by atoms with Crippen LogP contribution in [0.25, 0.3) is 0 Å². The van der Waals surface area contributed by atoms with Crippen LogP contribution >= 0.6 is 0 Å². The lowest BCUT2D eigenvalue weighted by atomic mass is 10.0. The van der Waals surface area contributed by atoms with Crippen LogP contribution in [0.3, 0.4) is 0 Å². The van der Waals surface area contributed by atoms with Crippen molar-refractivity contribution in [1.82, 2.24) is 10.6 Å². The van der Waals surface area contributed by atoms with Crippen LogP contribution in [0.15, 0.2) is 42.0 Å². The summed E-state index contributed by atoms with van der Waals surface area (Å²) in [5.41, 5.74) is 2.52. The molecule has 0 spiro atoms. The fraction of sp³-hybridized carbons (Fsp3) is 0.438. The van der Waals surface area contributed by atoms with Crippen LogP contribution in [0.1, 0.15) is 31.2 Å². The minimum absolute atomic E-state index is 0.0804. The summed E-state index contributed by atoms with van der Waals surface area (Å²) in [6, 6.07) is 9.91. The molecule has 3 heteroatoms. The highest BCUT2D eigenvalue weighted by atomic mass is 16.1. The molecule has 0 radical (unpaired) electrons. The molecule has 1 aromatic carbocycles. The van der Waals surface area contributed by atoms with Gasteiger partial charge < -0.3 is 10.6 Å². The summed E-state index contributed by atoms with van der Waals surface area (Å²) in [5.74, 6) is 0.0314. The highest BCUT2D eigenvalue weighted by Crippen LogP contribution is 2.14. The quantitative estimate of drug-likeness (QED) is 0.795. The van der Waals surface area contributed by atoms with E-state index in [2.05, 4.69) is 16.7 Å². The highest BCUT2D eigenvalue weighted by Gasteiger charge is 2.14. The molecule has 1 atom stereocenters. The third-order valence-corrected chi connectivity index (χ3v) is 3.60. The van der Waals surface area contributed by atoms with E-state index in [9.17, 15) is 4.79 Å². The molecule has 1 heterocycles. The Balaban J connectivity index is 1.76. The Labute approximate surface area is 115 Å². The van der Waals surface area contributed by atoms with Gasteiger partial charge in [-0.25, -0.2) is 0 Å². The van der Waals surface area contributed by atoms with E-state index in [1.54, 1.807) is 0 Å². The Kier molecular flexibility index (Phi) is 5.16. The maximum absolute atomic E-state index is 12.0.